The molecule has 0 amide bonds. The van der Waals surface area contributed by atoms with Crippen LogP contribution in [0.5, 0.6) is 0 Å². The average Bonchev–Trinajstić information content (AvgIpc) is 3.78. The Balaban J connectivity index is 1.64. The number of alkyl halides is 1. The van der Waals surface area contributed by atoms with Crippen LogP contribution >= 0.6 is 21.2 Å². The largest absolute Gasteiger partial charge is 0.469 e. The number of esters is 1. The van der Waals surface area contributed by atoms with Crippen molar-refractivity contribution in [1.29, 1.82) is 10.5 Å². The summed E-state index contributed by atoms with van der Waals surface area (Å²) in [7, 11) is 3.52. The highest BCUT2D eigenvalue weighted by Crippen LogP contribution is 2.51. The highest BCUT2D eigenvalue weighted by atomic mass is 32.2. The van der Waals surface area contributed by atoms with Crippen LogP contribution in [0.3, 0.4) is 0 Å². The number of carbonyl (C=O) groups is 1. The molecule has 212 valence electrons. The van der Waals surface area contributed by atoms with Crippen molar-refractivity contribution in [1.82, 2.24) is 3.97 Å². The molecule has 1 aliphatic rings. The third kappa shape index (κ3) is 5.30. The quantitative estimate of drug-likeness (QED) is 0.137. The summed E-state index contributed by atoms with van der Waals surface area (Å²) in [5, 5.41) is 20.8. The van der Waals surface area contributed by atoms with E-state index < -0.39 is 11.7 Å². The fraction of sp³-hybridized carbons (Fsp3) is 0.147. The minimum Gasteiger partial charge on any atom is -0.469 e. The summed E-state index contributed by atoms with van der Waals surface area (Å²) >= 11 is 1.37. The fourth-order valence-electron chi connectivity index (χ4n) is 5.56. The van der Waals surface area contributed by atoms with Gasteiger partial charge in [-0.3, -0.25) is 8.77 Å². The Hall–Kier alpha value is -4.49. The van der Waals surface area contributed by atoms with Crippen LogP contribution in [0.25, 0.3) is 33.3 Å². The summed E-state index contributed by atoms with van der Waals surface area (Å²) in [6.45, 7) is 0. The van der Waals surface area contributed by atoms with Crippen LogP contribution < -0.4 is 0 Å². The van der Waals surface area contributed by atoms with Crippen molar-refractivity contribution in [3.05, 3.63) is 113 Å². The van der Waals surface area contributed by atoms with Crippen molar-refractivity contribution in [2.75, 3.05) is 7.11 Å². The molecule has 1 aromatic heterocycles. The highest BCUT2D eigenvalue weighted by Gasteiger charge is 2.45. The van der Waals surface area contributed by atoms with Gasteiger partial charge in [0, 0.05) is 27.0 Å². The van der Waals surface area contributed by atoms with E-state index in [-0.39, 0.29) is 28.9 Å². The summed E-state index contributed by atoms with van der Waals surface area (Å²) in [4.78, 5) is 13.0. The van der Waals surface area contributed by atoms with Gasteiger partial charge < -0.3 is 4.74 Å². The first kappa shape index (κ1) is 28.6. The summed E-state index contributed by atoms with van der Waals surface area (Å²) in [5.74, 6) is -2.10. The molecule has 1 aliphatic carbocycles. The summed E-state index contributed by atoms with van der Waals surface area (Å²) in [6.07, 6.45) is 0.680. The Morgan fingerprint density at radius 1 is 1.00 bits per heavy atom. The van der Waals surface area contributed by atoms with Gasteiger partial charge in [0.1, 0.15) is 11.7 Å². The molecular formula is C34H24F2N3O2PS. The van der Waals surface area contributed by atoms with Crippen LogP contribution in [-0.4, -0.2) is 17.1 Å². The molecule has 4 atom stereocenters. The van der Waals surface area contributed by atoms with Gasteiger partial charge in [-0.05, 0) is 83.9 Å². The van der Waals surface area contributed by atoms with Crippen LogP contribution in [0.2, 0.25) is 0 Å². The SMILES string of the molecule is COC(=O)C1CC1c1cccc(-c2c(-c3c(C#N)cccc3C#N)c3cc(F)ccc3n2Sc2ccc(C(F)P)cc2)c1. The van der Waals surface area contributed by atoms with Gasteiger partial charge in [0.2, 0.25) is 0 Å². The lowest BCUT2D eigenvalue weighted by atomic mass is 9.90. The number of hydrogen-bond acceptors (Lipinski definition) is 5. The molecule has 5 aromatic rings. The van der Waals surface area contributed by atoms with E-state index in [1.807, 2.05) is 40.4 Å². The second-order valence-corrected chi connectivity index (χ2v) is 11.9. The van der Waals surface area contributed by atoms with Crippen molar-refractivity contribution < 1.29 is 18.3 Å². The van der Waals surface area contributed by atoms with Gasteiger partial charge in [-0.25, -0.2) is 8.78 Å². The smallest absolute Gasteiger partial charge is 0.309 e. The Morgan fingerprint density at radius 3 is 2.35 bits per heavy atom. The van der Waals surface area contributed by atoms with Gasteiger partial charge in [-0.15, -0.1) is 0 Å². The van der Waals surface area contributed by atoms with Crippen LogP contribution in [0.1, 0.15) is 40.5 Å². The zero-order chi connectivity index (χ0) is 30.2. The molecule has 5 nitrogen and oxygen atoms in total. The standard InChI is InChI=1S/C34H24F2N3O2PS/c1-41-34(40)27-16-26(27)20-4-2-5-21(14-20)32-31(30-22(17-37)6-3-7-23(30)18-38)28-15-24(35)10-13-29(28)39(32)43-25-11-8-19(9-12-25)33(36)42/h2-15,26-27,33H,16,42H2,1H3. The Bertz CT molecular complexity index is 1940. The zero-order valence-corrected chi connectivity index (χ0v) is 24.9. The molecule has 0 bridgehead atoms. The van der Waals surface area contributed by atoms with Gasteiger partial charge in [0.05, 0.1) is 47.5 Å². The molecule has 43 heavy (non-hydrogen) atoms. The number of nitriles is 2. The van der Waals surface area contributed by atoms with E-state index in [1.54, 1.807) is 36.4 Å². The lowest BCUT2D eigenvalue weighted by Crippen LogP contribution is -2.04. The van der Waals surface area contributed by atoms with Gasteiger partial charge in [-0.2, -0.15) is 10.5 Å². The third-order valence-corrected chi connectivity index (χ3v) is 9.15. The van der Waals surface area contributed by atoms with Crippen molar-refractivity contribution in [2.45, 2.75) is 23.1 Å². The number of nitrogens with zero attached hydrogens (tertiary/aromatic N) is 3. The van der Waals surface area contributed by atoms with Gasteiger partial charge >= 0.3 is 5.97 Å². The minimum atomic E-state index is -1.19. The third-order valence-electron chi connectivity index (χ3n) is 7.72. The van der Waals surface area contributed by atoms with Crippen molar-refractivity contribution in [3.63, 3.8) is 0 Å². The Kier molecular flexibility index (Phi) is 7.75. The van der Waals surface area contributed by atoms with Gasteiger partial charge in [0.15, 0.2) is 0 Å². The lowest BCUT2D eigenvalue weighted by Gasteiger charge is -2.15. The van der Waals surface area contributed by atoms with E-state index in [0.717, 1.165) is 16.0 Å². The predicted molar refractivity (Wildman–Crippen MR) is 166 cm³/mol. The van der Waals surface area contributed by atoms with E-state index in [4.69, 9.17) is 4.74 Å². The summed E-state index contributed by atoms with van der Waals surface area (Å²) < 4.78 is 35.7. The zero-order valence-electron chi connectivity index (χ0n) is 22.9. The first-order valence-corrected chi connectivity index (χ1v) is 14.9. The van der Waals surface area contributed by atoms with Crippen molar-refractivity contribution in [2.24, 2.45) is 5.92 Å². The van der Waals surface area contributed by atoms with Crippen molar-refractivity contribution >= 4 is 38.1 Å². The Labute approximate surface area is 254 Å². The lowest BCUT2D eigenvalue weighted by molar-refractivity contribution is -0.142. The summed E-state index contributed by atoms with van der Waals surface area (Å²) in [5.41, 5.74) is 5.14. The monoisotopic (exact) mass is 607 g/mol. The number of halogens is 2. The number of fused-ring (bicyclic) bond motifs is 1. The normalized spacial score (nSPS) is 16.3. The van der Waals surface area contributed by atoms with Gasteiger partial charge in [0.25, 0.3) is 0 Å². The number of rotatable bonds is 7. The Morgan fingerprint density at radius 2 is 1.70 bits per heavy atom. The molecule has 1 heterocycles. The molecule has 0 spiro atoms. The second kappa shape index (κ2) is 11.7. The molecule has 0 saturated heterocycles. The minimum absolute atomic E-state index is 0.00736. The van der Waals surface area contributed by atoms with Crippen LogP contribution in [0.15, 0.2) is 89.8 Å². The predicted octanol–water partition coefficient (Wildman–Crippen LogP) is 8.53. The first-order valence-electron chi connectivity index (χ1n) is 13.5. The molecule has 9 heteroatoms. The van der Waals surface area contributed by atoms with Gasteiger partial charge in [-0.1, -0.05) is 45.6 Å². The number of benzene rings is 4. The second-order valence-electron chi connectivity index (χ2n) is 10.3. The van der Waals surface area contributed by atoms with Crippen LogP contribution in [0.4, 0.5) is 8.78 Å². The first-order chi connectivity index (χ1) is 20.8. The van der Waals surface area contributed by atoms with E-state index in [2.05, 4.69) is 21.4 Å². The fourth-order valence-corrected chi connectivity index (χ4v) is 6.80. The number of methoxy groups -OCH3 is 1. The molecule has 4 unspecified atom stereocenters. The van der Waals surface area contributed by atoms with Crippen LogP contribution in [-0.2, 0) is 9.53 Å². The molecule has 1 saturated carbocycles. The van der Waals surface area contributed by atoms with E-state index in [9.17, 15) is 24.1 Å². The maximum Gasteiger partial charge on any atom is 0.309 e. The maximum atomic E-state index is 14.9. The number of carbonyl (C=O) groups excluding carboxylic acids is 1. The molecule has 1 fully saturated rings. The summed E-state index contributed by atoms with van der Waals surface area (Å²) in [6, 6.07) is 28.7. The van der Waals surface area contributed by atoms with Crippen molar-refractivity contribution in [3.8, 4) is 34.5 Å². The average molecular weight is 608 g/mol. The van der Waals surface area contributed by atoms with E-state index in [0.29, 0.717) is 39.7 Å². The molecule has 0 N–H and O–H groups in total. The number of ether oxygens (including phenoxy) is 1. The molecule has 6 rings (SSSR count). The highest BCUT2D eigenvalue weighted by molar-refractivity contribution is 7.98. The molecule has 4 aromatic carbocycles. The maximum absolute atomic E-state index is 14.9. The number of hydrogen-bond donors (Lipinski definition) is 0. The topological polar surface area (TPSA) is 78.8 Å². The van der Waals surface area contributed by atoms with E-state index in [1.165, 1.54) is 31.2 Å². The van der Waals surface area contributed by atoms with E-state index >= 15 is 0 Å². The van der Waals surface area contributed by atoms with Crippen LogP contribution in [0, 0.1) is 34.4 Å². The molecule has 0 radical (unpaired) electrons. The molecule has 0 aliphatic heterocycles. The number of aromatic nitrogens is 1. The molecular weight excluding hydrogens is 583 g/mol.